The van der Waals surface area contributed by atoms with Crippen molar-refractivity contribution < 1.29 is 13.9 Å². The van der Waals surface area contributed by atoms with Crippen LogP contribution >= 0.6 is 0 Å². The fraction of sp³-hybridized carbons (Fsp3) is 0.333. The number of nitrogens with zero attached hydrogens (tertiary/aromatic N) is 2. The summed E-state index contributed by atoms with van der Waals surface area (Å²) in [6.45, 7) is 1.44. The Morgan fingerprint density at radius 3 is 2.68 bits per heavy atom. The number of nitrogens with two attached hydrogens (primary N) is 1. The van der Waals surface area contributed by atoms with Gasteiger partial charge in [-0.3, -0.25) is 0 Å². The number of hydrogen-bond acceptors (Lipinski definition) is 6. The highest BCUT2D eigenvalue weighted by Gasteiger charge is 2.08. The molecule has 2 rings (SSSR count). The van der Waals surface area contributed by atoms with Gasteiger partial charge in [0.15, 0.2) is 5.82 Å². The average Bonchev–Trinajstić information content (AvgIpc) is 2.52. The molecule has 1 aromatic carbocycles. The third-order valence-corrected chi connectivity index (χ3v) is 2.99. The van der Waals surface area contributed by atoms with E-state index in [1.807, 2.05) is 0 Å². The van der Waals surface area contributed by atoms with Gasteiger partial charge in [-0.2, -0.15) is 4.98 Å². The summed E-state index contributed by atoms with van der Waals surface area (Å²) in [7, 11) is 1.59. The van der Waals surface area contributed by atoms with Gasteiger partial charge in [0.05, 0.1) is 6.61 Å². The van der Waals surface area contributed by atoms with Crippen LogP contribution in [0.1, 0.15) is 5.56 Å². The van der Waals surface area contributed by atoms with Gasteiger partial charge in [-0.05, 0) is 24.1 Å². The zero-order valence-electron chi connectivity index (χ0n) is 12.4. The summed E-state index contributed by atoms with van der Waals surface area (Å²) in [5, 5.41) is 3.13. The Labute approximate surface area is 128 Å². The summed E-state index contributed by atoms with van der Waals surface area (Å²) in [6.07, 6.45) is 2.11. The molecule has 118 valence electrons. The zero-order valence-corrected chi connectivity index (χ0v) is 12.4. The number of rotatable bonds is 8. The summed E-state index contributed by atoms with van der Waals surface area (Å²) in [6, 6.07) is 6.38. The first-order chi connectivity index (χ1) is 10.7. The van der Waals surface area contributed by atoms with E-state index in [4.69, 9.17) is 15.2 Å². The lowest BCUT2D eigenvalue weighted by atomic mass is 10.1. The maximum atomic E-state index is 12.8. The van der Waals surface area contributed by atoms with E-state index in [2.05, 4.69) is 15.3 Å². The van der Waals surface area contributed by atoms with Crippen molar-refractivity contribution in [3.63, 3.8) is 0 Å². The van der Waals surface area contributed by atoms with Gasteiger partial charge in [-0.15, -0.1) is 0 Å². The molecular formula is C15H19FN4O2. The molecule has 0 unspecified atom stereocenters. The topological polar surface area (TPSA) is 82.3 Å². The lowest BCUT2D eigenvalue weighted by Gasteiger charge is -2.11. The molecule has 0 aliphatic rings. The lowest BCUT2D eigenvalue weighted by Crippen LogP contribution is -2.12. The van der Waals surface area contributed by atoms with Crippen LogP contribution in [0.25, 0.3) is 0 Å². The maximum Gasteiger partial charge on any atom is 0.242 e. The van der Waals surface area contributed by atoms with Gasteiger partial charge in [0.1, 0.15) is 24.4 Å². The summed E-state index contributed by atoms with van der Waals surface area (Å²) < 4.78 is 23.1. The van der Waals surface area contributed by atoms with Crippen LogP contribution in [0.15, 0.2) is 30.6 Å². The molecule has 0 amide bonds. The van der Waals surface area contributed by atoms with Crippen LogP contribution in [0.3, 0.4) is 0 Å². The number of ether oxygens (including phenoxy) is 2. The molecule has 0 atom stereocenters. The van der Waals surface area contributed by atoms with Gasteiger partial charge in [-0.1, -0.05) is 12.1 Å². The fourth-order valence-corrected chi connectivity index (χ4v) is 1.83. The molecule has 0 aliphatic carbocycles. The number of benzene rings is 1. The molecule has 1 heterocycles. The van der Waals surface area contributed by atoms with E-state index in [0.29, 0.717) is 37.1 Å². The first-order valence-corrected chi connectivity index (χ1v) is 6.91. The van der Waals surface area contributed by atoms with E-state index in [1.165, 1.54) is 18.5 Å². The average molecular weight is 306 g/mol. The molecule has 0 saturated carbocycles. The van der Waals surface area contributed by atoms with E-state index in [9.17, 15) is 4.39 Å². The fourth-order valence-electron chi connectivity index (χ4n) is 1.83. The zero-order chi connectivity index (χ0) is 15.8. The van der Waals surface area contributed by atoms with Crippen molar-refractivity contribution in [2.45, 2.75) is 6.42 Å². The van der Waals surface area contributed by atoms with Gasteiger partial charge in [0.25, 0.3) is 0 Å². The molecule has 2 aromatic rings. The molecule has 0 radical (unpaired) electrons. The summed E-state index contributed by atoms with van der Waals surface area (Å²) in [5.41, 5.74) is 7.35. The number of halogens is 1. The van der Waals surface area contributed by atoms with Crippen LogP contribution in [0.2, 0.25) is 0 Å². The third kappa shape index (κ3) is 4.56. The highest BCUT2D eigenvalue weighted by atomic mass is 19.1. The molecule has 0 spiro atoms. The second-order valence-electron chi connectivity index (χ2n) is 4.59. The minimum absolute atomic E-state index is 0.241. The normalized spacial score (nSPS) is 10.5. The molecule has 3 N–H and O–H groups in total. The van der Waals surface area contributed by atoms with Crippen LogP contribution in [-0.4, -0.2) is 36.8 Å². The minimum atomic E-state index is -0.241. The summed E-state index contributed by atoms with van der Waals surface area (Å²) in [5.74, 6) is 0.607. The molecule has 6 nitrogen and oxygen atoms in total. The predicted octanol–water partition coefficient (Wildman–Crippen LogP) is 1.88. The highest BCUT2D eigenvalue weighted by Crippen LogP contribution is 2.24. The molecule has 22 heavy (non-hydrogen) atoms. The minimum Gasteiger partial charge on any atom is -0.474 e. The van der Waals surface area contributed by atoms with E-state index in [1.54, 1.807) is 19.2 Å². The van der Waals surface area contributed by atoms with Crippen LogP contribution in [0.5, 0.6) is 5.88 Å². The number of methoxy groups -OCH3 is 1. The van der Waals surface area contributed by atoms with Crippen LogP contribution in [0, 0.1) is 5.82 Å². The Kier molecular flexibility index (Phi) is 5.91. The highest BCUT2D eigenvalue weighted by molar-refractivity contribution is 5.66. The molecule has 7 heteroatoms. The third-order valence-electron chi connectivity index (χ3n) is 2.99. The molecule has 0 aliphatic heterocycles. The van der Waals surface area contributed by atoms with Crippen molar-refractivity contribution >= 4 is 11.5 Å². The largest absolute Gasteiger partial charge is 0.474 e. The van der Waals surface area contributed by atoms with Crippen LogP contribution in [-0.2, 0) is 11.2 Å². The Hall–Kier alpha value is -2.41. The first-order valence-electron chi connectivity index (χ1n) is 6.91. The number of anilines is 2. The van der Waals surface area contributed by atoms with E-state index < -0.39 is 0 Å². The van der Waals surface area contributed by atoms with Gasteiger partial charge in [-0.25, -0.2) is 9.37 Å². The Morgan fingerprint density at radius 1 is 1.18 bits per heavy atom. The second-order valence-corrected chi connectivity index (χ2v) is 4.59. The first kappa shape index (κ1) is 16.0. The summed E-state index contributed by atoms with van der Waals surface area (Å²) in [4.78, 5) is 8.09. The monoisotopic (exact) mass is 306 g/mol. The predicted molar refractivity (Wildman–Crippen MR) is 82.4 cm³/mol. The van der Waals surface area contributed by atoms with Gasteiger partial charge >= 0.3 is 0 Å². The van der Waals surface area contributed by atoms with Crippen LogP contribution in [0.4, 0.5) is 15.9 Å². The van der Waals surface area contributed by atoms with Crippen molar-refractivity contribution in [3.05, 3.63) is 42.0 Å². The number of nitrogens with one attached hydrogen (secondary N) is 1. The standard InChI is InChI=1S/C15H19FN4O2/c1-21-8-9-22-15-13(17)14(19-10-20-15)18-7-6-11-2-4-12(16)5-3-11/h2-5,10H,6-9,17H2,1H3,(H,18,19,20). The number of aromatic nitrogens is 2. The van der Waals surface area contributed by atoms with Gasteiger partial charge < -0.3 is 20.5 Å². The van der Waals surface area contributed by atoms with Crippen molar-refractivity contribution in [2.75, 3.05) is 37.9 Å². The molecule has 0 bridgehead atoms. The molecular weight excluding hydrogens is 287 g/mol. The lowest BCUT2D eigenvalue weighted by molar-refractivity contribution is 0.144. The Bertz CT molecular complexity index is 593. The molecule has 0 fully saturated rings. The van der Waals surface area contributed by atoms with E-state index in [-0.39, 0.29) is 5.82 Å². The maximum absolute atomic E-state index is 12.8. The second kappa shape index (κ2) is 8.14. The van der Waals surface area contributed by atoms with E-state index >= 15 is 0 Å². The molecule has 1 aromatic heterocycles. The quantitative estimate of drug-likeness (QED) is 0.725. The molecule has 0 saturated heterocycles. The Morgan fingerprint density at radius 2 is 1.95 bits per heavy atom. The van der Waals surface area contributed by atoms with Gasteiger partial charge in [0, 0.05) is 13.7 Å². The van der Waals surface area contributed by atoms with Crippen molar-refractivity contribution in [1.82, 2.24) is 9.97 Å². The van der Waals surface area contributed by atoms with Crippen molar-refractivity contribution in [3.8, 4) is 5.88 Å². The SMILES string of the molecule is COCCOc1ncnc(NCCc2ccc(F)cc2)c1N. The van der Waals surface area contributed by atoms with Gasteiger partial charge in [0.2, 0.25) is 5.88 Å². The Balaban J connectivity index is 1.89. The summed E-state index contributed by atoms with van der Waals surface area (Å²) >= 11 is 0. The van der Waals surface area contributed by atoms with Crippen LogP contribution < -0.4 is 15.8 Å². The number of nitrogen functional groups attached to an aromatic ring is 1. The van der Waals surface area contributed by atoms with Crippen molar-refractivity contribution in [1.29, 1.82) is 0 Å². The smallest absolute Gasteiger partial charge is 0.242 e. The van der Waals surface area contributed by atoms with E-state index in [0.717, 1.165) is 12.0 Å². The van der Waals surface area contributed by atoms with Crippen molar-refractivity contribution in [2.24, 2.45) is 0 Å². The number of hydrogen-bond donors (Lipinski definition) is 2.